The Labute approximate surface area is 270 Å². The molecule has 0 radical (unpaired) electrons. The molecule has 0 N–H and O–H groups in total. The summed E-state index contributed by atoms with van der Waals surface area (Å²) in [6.07, 6.45) is 12.5. The van der Waals surface area contributed by atoms with Gasteiger partial charge in [-0.2, -0.15) is 0 Å². The summed E-state index contributed by atoms with van der Waals surface area (Å²) >= 11 is 0. The van der Waals surface area contributed by atoms with E-state index in [2.05, 4.69) is 69.2 Å². The molecule has 4 aliphatic rings. The number of hydrogen-bond acceptors (Lipinski definition) is 6. The lowest BCUT2D eigenvalue weighted by Crippen LogP contribution is -2.51. The second-order valence-electron chi connectivity index (χ2n) is 17.4. The van der Waals surface area contributed by atoms with Crippen LogP contribution >= 0.6 is 0 Å². The first-order valence-electron chi connectivity index (χ1n) is 18.1. The molecule has 2 aliphatic carbocycles. The molecular weight excluding hydrogens is 552 g/mol. The third-order valence-corrected chi connectivity index (χ3v) is 11.2. The average Bonchev–Trinajstić information content (AvgIpc) is 2.87. The maximum absolute atomic E-state index is 12.8. The first-order chi connectivity index (χ1) is 20.3. The number of ether oxygens (including phenoxy) is 4. The Balaban J connectivity index is 0.000000240. The highest BCUT2D eigenvalue weighted by molar-refractivity contribution is 5.80. The lowest BCUT2D eigenvalue weighted by molar-refractivity contribution is -0.211. The summed E-state index contributed by atoms with van der Waals surface area (Å²) in [5, 5.41) is 0. The van der Waals surface area contributed by atoms with Gasteiger partial charge < -0.3 is 18.9 Å². The van der Waals surface area contributed by atoms with Crippen molar-refractivity contribution < 1.29 is 28.5 Å². The van der Waals surface area contributed by atoms with Gasteiger partial charge in [0.25, 0.3) is 0 Å². The number of carbonyl (C=O) groups excluding carboxylic acids is 2. The van der Waals surface area contributed by atoms with E-state index in [0.29, 0.717) is 35.5 Å². The summed E-state index contributed by atoms with van der Waals surface area (Å²) in [6.45, 7) is 25.6. The molecule has 8 atom stereocenters. The zero-order chi connectivity index (χ0) is 33.1. The van der Waals surface area contributed by atoms with Crippen molar-refractivity contribution in [1.29, 1.82) is 0 Å². The molecular formula is C38H68O6. The largest absolute Gasteiger partial charge is 0.460 e. The molecule has 256 valence electrons. The summed E-state index contributed by atoms with van der Waals surface area (Å²) in [4.78, 5) is 25.6. The highest BCUT2D eigenvalue weighted by atomic mass is 16.6. The van der Waals surface area contributed by atoms with E-state index in [4.69, 9.17) is 18.9 Å². The maximum atomic E-state index is 12.8. The Kier molecular flexibility index (Phi) is 12.5. The van der Waals surface area contributed by atoms with Crippen LogP contribution in [0.15, 0.2) is 0 Å². The normalized spacial score (nSPS) is 38.8. The molecule has 0 aromatic rings. The summed E-state index contributed by atoms with van der Waals surface area (Å²) in [7, 11) is 0. The van der Waals surface area contributed by atoms with Crippen LogP contribution in [0.4, 0.5) is 0 Å². The molecule has 0 spiro atoms. The van der Waals surface area contributed by atoms with Crippen LogP contribution in [0.25, 0.3) is 0 Å². The van der Waals surface area contributed by atoms with Crippen molar-refractivity contribution in [2.24, 2.45) is 35.5 Å². The lowest BCUT2D eigenvalue weighted by Gasteiger charge is -2.43. The van der Waals surface area contributed by atoms with E-state index in [1.54, 1.807) is 0 Å². The molecule has 4 fully saturated rings. The predicted octanol–water partition coefficient (Wildman–Crippen LogP) is 9.46. The van der Waals surface area contributed by atoms with Crippen LogP contribution < -0.4 is 0 Å². The fraction of sp³-hybridized carbons (Fsp3) is 0.947. The molecule has 0 aromatic carbocycles. The number of hydrogen-bond donors (Lipinski definition) is 0. The van der Waals surface area contributed by atoms with Gasteiger partial charge in [0, 0.05) is 0 Å². The predicted molar refractivity (Wildman–Crippen MR) is 177 cm³/mol. The molecule has 0 amide bonds. The van der Waals surface area contributed by atoms with Crippen LogP contribution in [-0.4, -0.2) is 46.6 Å². The topological polar surface area (TPSA) is 71.1 Å². The molecule has 2 heterocycles. The van der Waals surface area contributed by atoms with Gasteiger partial charge in [-0.05, 0) is 141 Å². The summed E-state index contributed by atoms with van der Waals surface area (Å²) < 4.78 is 24.2. The van der Waals surface area contributed by atoms with Crippen molar-refractivity contribution in [3.63, 3.8) is 0 Å². The van der Waals surface area contributed by atoms with Crippen LogP contribution in [0, 0.1) is 35.5 Å². The van der Waals surface area contributed by atoms with Gasteiger partial charge in [0.2, 0.25) is 0 Å². The monoisotopic (exact) mass is 621 g/mol. The Morgan fingerprint density at radius 3 is 1.23 bits per heavy atom. The number of carbonyl (C=O) groups is 2. The molecule has 5 unspecified atom stereocenters. The number of rotatable bonds is 6. The van der Waals surface area contributed by atoms with Crippen LogP contribution in [0.2, 0.25) is 0 Å². The highest BCUT2D eigenvalue weighted by Gasteiger charge is 2.47. The molecule has 2 saturated heterocycles. The SMILES string of the molecule is CC1CC[C@H](C(C)C)C(OC(=O)C2(C)CCCC(C)(C)O2)C1.CC1CC[C@H](C(C)C)C(OC(=O)[C@]2(C)CCCC(C)(C)O2)C1. The molecule has 0 aromatic heterocycles. The van der Waals surface area contributed by atoms with Crippen molar-refractivity contribution >= 4 is 11.9 Å². The van der Waals surface area contributed by atoms with E-state index in [9.17, 15) is 9.59 Å². The number of esters is 2. The van der Waals surface area contributed by atoms with E-state index in [1.807, 2.05) is 13.8 Å². The molecule has 0 bridgehead atoms. The van der Waals surface area contributed by atoms with Gasteiger partial charge in [0.1, 0.15) is 12.2 Å². The second kappa shape index (κ2) is 14.7. The van der Waals surface area contributed by atoms with E-state index in [0.717, 1.165) is 51.4 Å². The zero-order valence-electron chi connectivity index (χ0n) is 30.6. The van der Waals surface area contributed by atoms with Gasteiger partial charge in [0.15, 0.2) is 11.2 Å². The molecule has 44 heavy (non-hydrogen) atoms. The smallest absolute Gasteiger partial charge is 0.338 e. The highest BCUT2D eigenvalue weighted by Crippen LogP contribution is 2.41. The Hall–Kier alpha value is -1.14. The minimum Gasteiger partial charge on any atom is -0.460 e. The van der Waals surface area contributed by atoms with Crippen LogP contribution in [0.1, 0.15) is 160 Å². The van der Waals surface area contributed by atoms with Crippen LogP contribution in [-0.2, 0) is 28.5 Å². The van der Waals surface area contributed by atoms with Crippen molar-refractivity contribution in [3.8, 4) is 0 Å². The standard InChI is InChI=1S/2C19H34O3/c2*1-13(2)15-9-8-14(3)12-16(15)21-17(20)19(6)11-7-10-18(4,5)22-19/h2*13-16H,7-12H2,1-6H3/t14?,15-,16?,19?;14?,15-,16?,19+/m11/s1. The fourth-order valence-corrected chi connectivity index (χ4v) is 8.44. The molecule has 4 rings (SSSR count). The van der Waals surface area contributed by atoms with Crippen molar-refractivity contribution in [1.82, 2.24) is 0 Å². The minimum absolute atomic E-state index is 0.0571. The fourth-order valence-electron chi connectivity index (χ4n) is 8.44. The molecule has 2 saturated carbocycles. The van der Waals surface area contributed by atoms with Crippen molar-refractivity contribution in [2.75, 3.05) is 0 Å². The Bertz CT molecular complexity index is 879. The van der Waals surface area contributed by atoms with E-state index in [-0.39, 0.29) is 35.3 Å². The van der Waals surface area contributed by atoms with Crippen molar-refractivity contribution in [2.45, 2.75) is 195 Å². The summed E-state index contributed by atoms with van der Waals surface area (Å²) in [5.41, 5.74) is -2.01. The maximum Gasteiger partial charge on any atom is 0.338 e. The first kappa shape index (κ1) is 37.3. The second-order valence-corrected chi connectivity index (χ2v) is 17.4. The molecule has 6 heteroatoms. The van der Waals surface area contributed by atoms with E-state index in [1.165, 1.54) is 25.7 Å². The van der Waals surface area contributed by atoms with Crippen molar-refractivity contribution in [3.05, 3.63) is 0 Å². The quantitative estimate of drug-likeness (QED) is 0.276. The molecule has 6 nitrogen and oxygen atoms in total. The first-order valence-corrected chi connectivity index (χ1v) is 18.1. The Morgan fingerprint density at radius 2 is 0.932 bits per heavy atom. The van der Waals surface area contributed by atoms with Gasteiger partial charge in [-0.3, -0.25) is 0 Å². The van der Waals surface area contributed by atoms with Crippen LogP contribution in [0.5, 0.6) is 0 Å². The third-order valence-electron chi connectivity index (χ3n) is 11.2. The summed E-state index contributed by atoms with van der Waals surface area (Å²) in [6, 6.07) is 0. The Morgan fingerprint density at radius 1 is 0.591 bits per heavy atom. The zero-order valence-corrected chi connectivity index (χ0v) is 30.6. The molecule has 2 aliphatic heterocycles. The minimum atomic E-state index is -0.774. The van der Waals surface area contributed by atoms with E-state index < -0.39 is 11.2 Å². The summed E-state index contributed by atoms with van der Waals surface area (Å²) in [5.74, 6) is 3.08. The van der Waals surface area contributed by atoms with Gasteiger partial charge in [-0.15, -0.1) is 0 Å². The average molecular weight is 621 g/mol. The van der Waals surface area contributed by atoms with Gasteiger partial charge in [0.05, 0.1) is 11.2 Å². The lowest BCUT2D eigenvalue weighted by atomic mass is 9.75. The van der Waals surface area contributed by atoms with E-state index >= 15 is 0 Å². The third kappa shape index (κ3) is 9.93. The van der Waals surface area contributed by atoms with Gasteiger partial charge >= 0.3 is 11.9 Å². The van der Waals surface area contributed by atoms with Gasteiger partial charge in [-0.25, -0.2) is 9.59 Å². The van der Waals surface area contributed by atoms with Crippen LogP contribution in [0.3, 0.4) is 0 Å². The van der Waals surface area contributed by atoms with Gasteiger partial charge in [-0.1, -0.05) is 54.4 Å².